The van der Waals surface area contributed by atoms with Gasteiger partial charge in [0.2, 0.25) is 5.91 Å². The summed E-state index contributed by atoms with van der Waals surface area (Å²) in [7, 11) is 0. The van der Waals surface area contributed by atoms with Gasteiger partial charge < -0.3 is 5.32 Å². The minimum atomic E-state index is -0.118. The van der Waals surface area contributed by atoms with Crippen molar-refractivity contribution in [3.63, 3.8) is 0 Å². The first-order valence-corrected chi connectivity index (χ1v) is 8.00. The molecule has 22 heavy (non-hydrogen) atoms. The molecule has 0 radical (unpaired) electrons. The van der Waals surface area contributed by atoms with Gasteiger partial charge in [-0.15, -0.1) is 10.2 Å². The van der Waals surface area contributed by atoms with Crippen molar-refractivity contribution in [2.75, 3.05) is 11.1 Å². The van der Waals surface area contributed by atoms with E-state index in [1.807, 2.05) is 0 Å². The van der Waals surface area contributed by atoms with Gasteiger partial charge in [-0.1, -0.05) is 30.3 Å². The Labute approximate surface area is 137 Å². The Morgan fingerprint density at radius 2 is 1.86 bits per heavy atom. The average Bonchev–Trinajstić information content (AvgIpc) is 2.54. The zero-order chi connectivity index (χ0) is 15.9. The molecule has 1 heterocycles. The largest absolute Gasteiger partial charge is 0.309 e. The van der Waals surface area contributed by atoms with E-state index in [-0.39, 0.29) is 17.4 Å². The van der Waals surface area contributed by atoms with Crippen LogP contribution in [0, 0.1) is 0 Å². The molecule has 1 aromatic heterocycles. The van der Waals surface area contributed by atoms with Crippen LogP contribution < -0.4 is 5.32 Å². The highest BCUT2D eigenvalue weighted by atomic mass is 35.5. The number of Topliss-reactive ketones (excluding diaryl/α,β-unsaturated/α-hetero) is 1. The lowest BCUT2D eigenvalue weighted by atomic mass is 10.1. The van der Waals surface area contributed by atoms with Gasteiger partial charge in [0.15, 0.2) is 11.6 Å². The zero-order valence-electron chi connectivity index (χ0n) is 11.9. The number of halogens is 1. The maximum atomic E-state index is 12.0. The summed E-state index contributed by atoms with van der Waals surface area (Å²) in [5.74, 6) is 0.538. The molecule has 0 saturated carbocycles. The standard InChI is InChI=1S/C15H14ClN3O2S/c1-2-14(21)17-13-7-8-15(19-18-13)22-9-12(20)10-3-5-11(16)6-4-10/h3-8H,2,9H2,1H3,(H,17,18,21). The number of benzene rings is 1. The molecule has 0 aliphatic rings. The highest BCUT2D eigenvalue weighted by Crippen LogP contribution is 2.18. The number of ketones is 1. The summed E-state index contributed by atoms with van der Waals surface area (Å²) in [6, 6.07) is 10.1. The van der Waals surface area contributed by atoms with Gasteiger partial charge in [0, 0.05) is 17.0 Å². The topological polar surface area (TPSA) is 72.0 Å². The molecule has 5 nitrogen and oxygen atoms in total. The lowest BCUT2D eigenvalue weighted by Gasteiger charge is -2.03. The first-order chi connectivity index (χ1) is 10.6. The molecule has 114 valence electrons. The highest BCUT2D eigenvalue weighted by molar-refractivity contribution is 7.99. The number of nitrogens with one attached hydrogen (secondary N) is 1. The highest BCUT2D eigenvalue weighted by Gasteiger charge is 2.08. The summed E-state index contributed by atoms with van der Waals surface area (Å²) in [5, 5.41) is 11.7. The first kappa shape index (κ1) is 16.5. The van der Waals surface area contributed by atoms with Gasteiger partial charge in [-0.25, -0.2) is 0 Å². The molecule has 0 aliphatic carbocycles. The van der Waals surface area contributed by atoms with Gasteiger partial charge in [0.05, 0.1) is 5.75 Å². The van der Waals surface area contributed by atoms with Crippen molar-refractivity contribution in [3.8, 4) is 0 Å². The first-order valence-electron chi connectivity index (χ1n) is 6.63. The van der Waals surface area contributed by atoms with E-state index in [0.717, 1.165) is 0 Å². The molecule has 1 aromatic carbocycles. The summed E-state index contributed by atoms with van der Waals surface area (Å²) in [6.07, 6.45) is 0.383. The van der Waals surface area contributed by atoms with Crippen LogP contribution in [-0.4, -0.2) is 27.6 Å². The molecule has 1 amide bonds. The molecule has 1 N–H and O–H groups in total. The second-order valence-corrected chi connectivity index (χ2v) is 5.81. The van der Waals surface area contributed by atoms with E-state index < -0.39 is 0 Å². The number of hydrogen-bond acceptors (Lipinski definition) is 5. The normalized spacial score (nSPS) is 10.3. The number of carbonyl (C=O) groups excluding carboxylic acids is 2. The lowest BCUT2D eigenvalue weighted by molar-refractivity contribution is -0.115. The van der Waals surface area contributed by atoms with Gasteiger partial charge in [0.25, 0.3) is 0 Å². The quantitative estimate of drug-likeness (QED) is 0.646. The van der Waals surface area contributed by atoms with Crippen molar-refractivity contribution in [2.24, 2.45) is 0 Å². The Morgan fingerprint density at radius 1 is 1.14 bits per heavy atom. The van der Waals surface area contributed by atoms with E-state index >= 15 is 0 Å². The molecule has 2 aromatic rings. The van der Waals surface area contributed by atoms with E-state index in [2.05, 4.69) is 15.5 Å². The fraction of sp³-hybridized carbons (Fsp3) is 0.200. The SMILES string of the molecule is CCC(=O)Nc1ccc(SCC(=O)c2ccc(Cl)cc2)nn1. The third kappa shape index (κ3) is 4.82. The van der Waals surface area contributed by atoms with Crippen molar-refractivity contribution in [1.82, 2.24) is 10.2 Å². The predicted molar refractivity (Wildman–Crippen MR) is 87.5 cm³/mol. The molecule has 0 atom stereocenters. The minimum Gasteiger partial charge on any atom is -0.309 e. The second-order valence-electron chi connectivity index (χ2n) is 4.38. The van der Waals surface area contributed by atoms with E-state index in [4.69, 9.17) is 11.6 Å². The number of anilines is 1. The molecular formula is C15H14ClN3O2S. The number of aromatic nitrogens is 2. The van der Waals surface area contributed by atoms with Crippen LogP contribution >= 0.6 is 23.4 Å². The smallest absolute Gasteiger partial charge is 0.225 e. The third-order valence-electron chi connectivity index (χ3n) is 2.75. The summed E-state index contributed by atoms with van der Waals surface area (Å²) < 4.78 is 0. The van der Waals surface area contributed by atoms with Crippen LogP contribution in [0.2, 0.25) is 5.02 Å². The van der Waals surface area contributed by atoms with Crippen LogP contribution in [0.3, 0.4) is 0 Å². The summed E-state index contributed by atoms with van der Waals surface area (Å²) in [6.45, 7) is 1.76. The molecule has 2 rings (SSSR count). The maximum Gasteiger partial charge on any atom is 0.225 e. The number of nitrogens with zero attached hydrogens (tertiary/aromatic N) is 2. The molecule has 0 bridgehead atoms. The van der Waals surface area contributed by atoms with Gasteiger partial charge in [-0.2, -0.15) is 0 Å². The van der Waals surface area contributed by atoms with E-state index in [9.17, 15) is 9.59 Å². The number of carbonyl (C=O) groups is 2. The van der Waals surface area contributed by atoms with Crippen LogP contribution in [0.15, 0.2) is 41.4 Å². The summed E-state index contributed by atoms with van der Waals surface area (Å²) in [5.41, 5.74) is 0.608. The van der Waals surface area contributed by atoms with E-state index in [1.54, 1.807) is 43.3 Å². The molecule has 0 fully saturated rings. The van der Waals surface area contributed by atoms with Crippen molar-refractivity contribution >= 4 is 40.9 Å². The predicted octanol–water partition coefficient (Wildman–Crippen LogP) is 3.45. The van der Waals surface area contributed by atoms with Gasteiger partial charge in [0.1, 0.15) is 5.03 Å². The zero-order valence-corrected chi connectivity index (χ0v) is 13.4. The van der Waals surface area contributed by atoms with Crippen molar-refractivity contribution in [3.05, 3.63) is 47.0 Å². The molecule has 0 unspecified atom stereocenters. The Hall–Kier alpha value is -1.92. The lowest BCUT2D eigenvalue weighted by Crippen LogP contribution is -2.11. The Bertz CT molecular complexity index is 659. The van der Waals surface area contributed by atoms with Crippen molar-refractivity contribution < 1.29 is 9.59 Å². The van der Waals surface area contributed by atoms with E-state index in [0.29, 0.717) is 27.9 Å². The molecule has 0 spiro atoms. The second kappa shape index (κ2) is 7.91. The number of thioether (sulfide) groups is 1. The molecule has 0 aliphatic heterocycles. The Morgan fingerprint density at radius 3 is 2.45 bits per heavy atom. The minimum absolute atomic E-state index is 0.00757. The fourth-order valence-electron chi connectivity index (χ4n) is 1.55. The van der Waals surface area contributed by atoms with Crippen molar-refractivity contribution in [2.45, 2.75) is 18.4 Å². The Balaban J connectivity index is 1.90. The number of rotatable bonds is 6. The van der Waals surface area contributed by atoms with Crippen LogP contribution in [-0.2, 0) is 4.79 Å². The summed E-state index contributed by atoms with van der Waals surface area (Å²) in [4.78, 5) is 23.2. The van der Waals surface area contributed by atoms with Gasteiger partial charge in [-0.3, -0.25) is 9.59 Å². The molecule has 7 heteroatoms. The fourth-order valence-corrected chi connectivity index (χ4v) is 2.39. The van der Waals surface area contributed by atoms with Gasteiger partial charge >= 0.3 is 0 Å². The van der Waals surface area contributed by atoms with Crippen LogP contribution in [0.25, 0.3) is 0 Å². The third-order valence-corrected chi connectivity index (χ3v) is 3.92. The molecule has 0 saturated heterocycles. The number of hydrogen-bond donors (Lipinski definition) is 1. The average molecular weight is 336 g/mol. The van der Waals surface area contributed by atoms with Crippen LogP contribution in [0.4, 0.5) is 5.82 Å². The van der Waals surface area contributed by atoms with Crippen molar-refractivity contribution in [1.29, 1.82) is 0 Å². The maximum absolute atomic E-state index is 12.0. The van der Waals surface area contributed by atoms with Crippen LogP contribution in [0.5, 0.6) is 0 Å². The molecular weight excluding hydrogens is 322 g/mol. The van der Waals surface area contributed by atoms with Gasteiger partial charge in [-0.05, 0) is 36.4 Å². The summed E-state index contributed by atoms with van der Waals surface area (Å²) >= 11 is 7.08. The van der Waals surface area contributed by atoms with Crippen LogP contribution in [0.1, 0.15) is 23.7 Å². The monoisotopic (exact) mass is 335 g/mol. The Kier molecular flexibility index (Phi) is 5.91. The number of amides is 1. The van der Waals surface area contributed by atoms with E-state index in [1.165, 1.54) is 11.8 Å².